The van der Waals surface area contributed by atoms with Crippen LogP contribution in [0.15, 0.2) is 6.20 Å². The molecule has 1 aliphatic rings. The molecule has 0 aromatic carbocycles. The Labute approximate surface area is 170 Å². The van der Waals surface area contributed by atoms with Crippen molar-refractivity contribution in [3.63, 3.8) is 0 Å². The van der Waals surface area contributed by atoms with Gasteiger partial charge in [0.2, 0.25) is 0 Å². The molecule has 1 fully saturated rings. The van der Waals surface area contributed by atoms with Crippen LogP contribution in [-0.4, -0.2) is 29.1 Å². The number of hydrogen-bond donors (Lipinski definition) is 0. The van der Waals surface area contributed by atoms with Crippen LogP contribution in [0.25, 0.3) is 0 Å². The maximum Gasteiger partial charge on any atom is 0.312 e. The third-order valence-corrected chi connectivity index (χ3v) is 6.10. The molecule has 2 rings (SSSR count). The molecule has 1 aromatic heterocycles. The Kier molecular flexibility index (Phi) is 7.69. The number of carbonyl (C=O) groups is 2. The minimum absolute atomic E-state index is 0.125. The zero-order valence-corrected chi connectivity index (χ0v) is 18.3. The SMILES string of the molecule is CCOC(=O)C1(Cc2cnc(Cl)s2)CCC(CCC(=O)OC(C)(C)C)CC1. The van der Waals surface area contributed by atoms with Crippen molar-refractivity contribution in [2.45, 2.75) is 78.2 Å². The van der Waals surface area contributed by atoms with E-state index in [2.05, 4.69) is 4.98 Å². The fourth-order valence-corrected chi connectivity index (χ4v) is 4.79. The Balaban J connectivity index is 1.94. The van der Waals surface area contributed by atoms with Crippen LogP contribution in [0.3, 0.4) is 0 Å². The van der Waals surface area contributed by atoms with E-state index < -0.39 is 11.0 Å². The third kappa shape index (κ3) is 6.75. The molecule has 0 bridgehead atoms. The molecule has 5 nitrogen and oxygen atoms in total. The molecule has 0 unspecified atom stereocenters. The van der Waals surface area contributed by atoms with Gasteiger partial charge < -0.3 is 9.47 Å². The number of esters is 2. The summed E-state index contributed by atoms with van der Waals surface area (Å²) in [6.45, 7) is 7.86. The van der Waals surface area contributed by atoms with Crippen LogP contribution in [-0.2, 0) is 25.5 Å². The highest BCUT2D eigenvalue weighted by Crippen LogP contribution is 2.44. The van der Waals surface area contributed by atoms with Gasteiger partial charge in [-0.1, -0.05) is 11.6 Å². The first kappa shape index (κ1) is 22.2. The van der Waals surface area contributed by atoms with E-state index in [1.54, 1.807) is 6.20 Å². The van der Waals surface area contributed by atoms with Gasteiger partial charge in [-0.15, -0.1) is 11.3 Å². The maximum absolute atomic E-state index is 12.7. The second-order valence-electron chi connectivity index (χ2n) is 8.33. The van der Waals surface area contributed by atoms with Crippen LogP contribution in [0.5, 0.6) is 0 Å². The number of halogens is 1. The smallest absolute Gasteiger partial charge is 0.312 e. The molecule has 0 N–H and O–H groups in total. The summed E-state index contributed by atoms with van der Waals surface area (Å²) >= 11 is 7.37. The van der Waals surface area contributed by atoms with Gasteiger partial charge in [0.25, 0.3) is 0 Å². The molecule has 0 radical (unpaired) electrons. The highest BCUT2D eigenvalue weighted by Gasteiger charge is 2.43. The van der Waals surface area contributed by atoms with Crippen molar-refractivity contribution in [1.29, 1.82) is 0 Å². The van der Waals surface area contributed by atoms with E-state index >= 15 is 0 Å². The van der Waals surface area contributed by atoms with Gasteiger partial charge in [0.1, 0.15) is 5.60 Å². The Morgan fingerprint density at radius 3 is 2.52 bits per heavy atom. The van der Waals surface area contributed by atoms with E-state index in [0.29, 0.717) is 29.8 Å². The van der Waals surface area contributed by atoms with Gasteiger partial charge in [0.15, 0.2) is 4.47 Å². The quantitative estimate of drug-likeness (QED) is 0.572. The predicted molar refractivity (Wildman–Crippen MR) is 107 cm³/mol. The van der Waals surface area contributed by atoms with E-state index in [1.807, 2.05) is 27.7 Å². The van der Waals surface area contributed by atoms with Crippen LogP contribution in [0.1, 0.15) is 71.1 Å². The van der Waals surface area contributed by atoms with Crippen molar-refractivity contribution in [2.75, 3.05) is 6.61 Å². The first-order chi connectivity index (χ1) is 12.6. The molecule has 0 saturated heterocycles. The molecule has 27 heavy (non-hydrogen) atoms. The number of ether oxygens (including phenoxy) is 2. The van der Waals surface area contributed by atoms with Gasteiger partial charge in [-0.05, 0) is 72.1 Å². The third-order valence-electron chi connectivity index (χ3n) is 4.99. The minimum Gasteiger partial charge on any atom is -0.466 e. The summed E-state index contributed by atoms with van der Waals surface area (Å²) in [5.74, 6) is 0.161. The van der Waals surface area contributed by atoms with Gasteiger partial charge in [0.05, 0.1) is 12.0 Å². The van der Waals surface area contributed by atoms with E-state index in [0.717, 1.165) is 37.0 Å². The first-order valence-electron chi connectivity index (χ1n) is 9.63. The summed E-state index contributed by atoms with van der Waals surface area (Å²) in [6.07, 6.45) is 6.96. The van der Waals surface area contributed by atoms with Gasteiger partial charge in [-0.3, -0.25) is 9.59 Å². The summed E-state index contributed by atoms with van der Waals surface area (Å²) in [5, 5.41) is 0. The highest BCUT2D eigenvalue weighted by molar-refractivity contribution is 7.15. The average Bonchev–Trinajstić information content (AvgIpc) is 2.97. The van der Waals surface area contributed by atoms with Crippen LogP contribution < -0.4 is 0 Å². The number of carbonyl (C=O) groups excluding carboxylic acids is 2. The molecule has 1 heterocycles. The lowest BCUT2D eigenvalue weighted by atomic mass is 9.67. The summed E-state index contributed by atoms with van der Waals surface area (Å²) in [6, 6.07) is 0. The van der Waals surface area contributed by atoms with E-state index in [9.17, 15) is 9.59 Å². The molecule has 0 atom stereocenters. The monoisotopic (exact) mass is 415 g/mol. The summed E-state index contributed by atoms with van der Waals surface area (Å²) in [7, 11) is 0. The van der Waals surface area contributed by atoms with Crippen molar-refractivity contribution in [3.8, 4) is 0 Å². The Morgan fingerprint density at radius 1 is 1.33 bits per heavy atom. The second kappa shape index (κ2) is 9.37. The molecule has 0 spiro atoms. The molecular formula is C20H30ClNO4S. The minimum atomic E-state index is -0.506. The van der Waals surface area contributed by atoms with Gasteiger partial charge in [-0.25, -0.2) is 4.98 Å². The average molecular weight is 416 g/mol. The molecule has 7 heteroatoms. The molecular weight excluding hydrogens is 386 g/mol. The van der Waals surface area contributed by atoms with Crippen molar-refractivity contribution in [2.24, 2.45) is 11.3 Å². The van der Waals surface area contributed by atoms with Crippen molar-refractivity contribution in [1.82, 2.24) is 4.98 Å². The van der Waals surface area contributed by atoms with Gasteiger partial charge >= 0.3 is 11.9 Å². The standard InChI is InChI=1S/C20H30ClNO4S/c1-5-25-17(24)20(12-15-13-22-18(21)27-15)10-8-14(9-11-20)6-7-16(23)26-19(2,3)4/h13-14H,5-12H2,1-4H3. The van der Waals surface area contributed by atoms with Crippen LogP contribution in [0.2, 0.25) is 4.47 Å². The van der Waals surface area contributed by atoms with Gasteiger partial charge in [-0.2, -0.15) is 0 Å². The molecule has 152 valence electrons. The fraction of sp³-hybridized carbons (Fsp3) is 0.750. The first-order valence-corrected chi connectivity index (χ1v) is 10.8. The lowest BCUT2D eigenvalue weighted by Gasteiger charge is -2.38. The molecule has 0 amide bonds. The van der Waals surface area contributed by atoms with Crippen molar-refractivity contribution >= 4 is 34.9 Å². The van der Waals surface area contributed by atoms with E-state index in [4.69, 9.17) is 21.1 Å². The van der Waals surface area contributed by atoms with Crippen LogP contribution in [0.4, 0.5) is 0 Å². The number of aromatic nitrogens is 1. The largest absolute Gasteiger partial charge is 0.466 e. The number of rotatable bonds is 7. The molecule has 1 aromatic rings. The topological polar surface area (TPSA) is 65.5 Å². The molecule has 1 aliphatic carbocycles. The van der Waals surface area contributed by atoms with Gasteiger partial charge in [0, 0.05) is 17.5 Å². The highest BCUT2D eigenvalue weighted by atomic mass is 35.5. The van der Waals surface area contributed by atoms with E-state index in [1.165, 1.54) is 11.3 Å². The summed E-state index contributed by atoms with van der Waals surface area (Å²) < 4.78 is 11.3. The Hall–Kier alpha value is -1.14. The lowest BCUT2D eigenvalue weighted by Crippen LogP contribution is -2.39. The van der Waals surface area contributed by atoms with E-state index in [-0.39, 0.29) is 11.9 Å². The Bertz CT molecular complexity index is 645. The van der Waals surface area contributed by atoms with Crippen LogP contribution >= 0.6 is 22.9 Å². The zero-order chi connectivity index (χ0) is 20.1. The number of hydrogen-bond acceptors (Lipinski definition) is 6. The molecule has 1 saturated carbocycles. The van der Waals surface area contributed by atoms with Crippen LogP contribution in [0, 0.1) is 11.3 Å². The number of thiazole rings is 1. The predicted octanol–water partition coefficient (Wildman–Crippen LogP) is 5.20. The van der Waals surface area contributed by atoms with Crippen molar-refractivity contribution in [3.05, 3.63) is 15.5 Å². The zero-order valence-electron chi connectivity index (χ0n) is 16.7. The summed E-state index contributed by atoms with van der Waals surface area (Å²) in [4.78, 5) is 29.8. The fourth-order valence-electron chi connectivity index (χ4n) is 3.67. The summed E-state index contributed by atoms with van der Waals surface area (Å²) in [5.41, 5.74) is -0.951. The molecule has 0 aliphatic heterocycles. The second-order valence-corrected chi connectivity index (χ2v) is 10.0. The Morgan fingerprint density at radius 2 is 2.00 bits per heavy atom. The van der Waals surface area contributed by atoms with Crippen molar-refractivity contribution < 1.29 is 19.1 Å². The number of nitrogens with zero attached hydrogens (tertiary/aromatic N) is 1. The maximum atomic E-state index is 12.7. The lowest BCUT2D eigenvalue weighted by molar-refractivity contribution is -0.159. The normalized spacial score (nSPS) is 23.1.